The lowest BCUT2D eigenvalue weighted by molar-refractivity contribution is -0.151. The van der Waals surface area contributed by atoms with Crippen LogP contribution in [0.4, 0.5) is 5.82 Å². The molecule has 136 valence electrons. The van der Waals surface area contributed by atoms with E-state index in [2.05, 4.69) is 10.3 Å². The van der Waals surface area contributed by atoms with Gasteiger partial charge in [-0.1, -0.05) is 30.3 Å². The predicted octanol–water partition coefficient (Wildman–Crippen LogP) is 1.20. The van der Waals surface area contributed by atoms with E-state index < -0.39 is 18.1 Å². The molecule has 2 atom stereocenters. The van der Waals surface area contributed by atoms with Crippen LogP contribution in [0.3, 0.4) is 0 Å². The zero-order valence-corrected chi connectivity index (χ0v) is 14.4. The minimum atomic E-state index is -0.684. The molecular weight excluding hydrogens is 336 g/mol. The van der Waals surface area contributed by atoms with E-state index in [1.807, 2.05) is 30.3 Å². The van der Waals surface area contributed by atoms with Gasteiger partial charge in [0.05, 0.1) is 13.4 Å². The molecule has 0 radical (unpaired) electrons. The SMILES string of the molecule is COC(=O)[C@@H]1CCCN1C(=O)C(c1ccccc1)n1cnc(NC=O)c1. The van der Waals surface area contributed by atoms with E-state index >= 15 is 0 Å². The standard InChI is InChI=1S/C18H20N4O4/c1-26-18(25)14-8-5-9-22(14)17(24)16(13-6-3-2-4-7-13)21-10-15(19-11-21)20-12-23/h2-4,6-7,10-12,14,16H,5,8-9H2,1H3,(H,20,23)/t14-,16?/m0/s1. The van der Waals surface area contributed by atoms with Crippen molar-refractivity contribution in [2.24, 2.45) is 0 Å². The van der Waals surface area contributed by atoms with Gasteiger partial charge in [-0.15, -0.1) is 0 Å². The number of aromatic nitrogens is 2. The Morgan fingerprint density at radius 3 is 2.81 bits per heavy atom. The van der Waals surface area contributed by atoms with Crippen LogP contribution < -0.4 is 5.32 Å². The van der Waals surface area contributed by atoms with Gasteiger partial charge >= 0.3 is 5.97 Å². The van der Waals surface area contributed by atoms with Crippen LogP contribution >= 0.6 is 0 Å². The van der Waals surface area contributed by atoms with Crippen molar-refractivity contribution in [3.05, 3.63) is 48.4 Å². The van der Waals surface area contributed by atoms with Gasteiger partial charge in [-0.2, -0.15) is 0 Å². The lowest BCUT2D eigenvalue weighted by atomic mass is 10.0. The highest BCUT2D eigenvalue weighted by atomic mass is 16.5. The van der Waals surface area contributed by atoms with Crippen LogP contribution in [0.2, 0.25) is 0 Å². The Balaban J connectivity index is 1.96. The Bertz CT molecular complexity index is 789. The Morgan fingerprint density at radius 1 is 1.35 bits per heavy atom. The zero-order valence-electron chi connectivity index (χ0n) is 14.4. The molecule has 1 aromatic heterocycles. The van der Waals surface area contributed by atoms with Gasteiger partial charge in [-0.25, -0.2) is 9.78 Å². The Labute approximate surface area is 150 Å². The van der Waals surface area contributed by atoms with Gasteiger partial charge in [0, 0.05) is 12.7 Å². The molecule has 2 heterocycles. The van der Waals surface area contributed by atoms with E-state index in [0.29, 0.717) is 25.2 Å². The number of imidazole rings is 1. The van der Waals surface area contributed by atoms with Crippen molar-refractivity contribution in [1.82, 2.24) is 14.5 Å². The Kier molecular flexibility index (Phi) is 5.31. The number of amides is 2. The highest BCUT2D eigenvalue weighted by Crippen LogP contribution is 2.27. The van der Waals surface area contributed by atoms with Gasteiger partial charge in [-0.3, -0.25) is 9.59 Å². The highest BCUT2D eigenvalue weighted by Gasteiger charge is 2.38. The smallest absolute Gasteiger partial charge is 0.328 e. The molecule has 1 N–H and O–H groups in total. The fourth-order valence-corrected chi connectivity index (χ4v) is 3.26. The van der Waals surface area contributed by atoms with Crippen LogP contribution in [0.5, 0.6) is 0 Å². The number of anilines is 1. The van der Waals surface area contributed by atoms with Crippen LogP contribution in [0, 0.1) is 0 Å². The third-order valence-corrected chi connectivity index (χ3v) is 4.46. The number of hydrogen-bond acceptors (Lipinski definition) is 5. The fourth-order valence-electron chi connectivity index (χ4n) is 3.26. The second-order valence-electron chi connectivity index (χ2n) is 5.99. The summed E-state index contributed by atoms with van der Waals surface area (Å²) in [6.07, 6.45) is 4.94. The molecule has 1 aliphatic rings. The second kappa shape index (κ2) is 7.81. The van der Waals surface area contributed by atoms with Gasteiger partial charge in [0.1, 0.15) is 12.1 Å². The minimum Gasteiger partial charge on any atom is -0.467 e. The molecule has 8 heteroatoms. The summed E-state index contributed by atoms with van der Waals surface area (Å²) in [6.45, 7) is 0.496. The summed E-state index contributed by atoms with van der Waals surface area (Å²) in [5.74, 6) is -0.268. The van der Waals surface area contributed by atoms with Crippen LogP contribution in [-0.4, -0.2) is 52.4 Å². The van der Waals surface area contributed by atoms with E-state index in [1.54, 1.807) is 15.7 Å². The van der Waals surface area contributed by atoms with Crippen molar-refractivity contribution in [1.29, 1.82) is 0 Å². The maximum Gasteiger partial charge on any atom is 0.328 e. The zero-order chi connectivity index (χ0) is 18.5. The van der Waals surface area contributed by atoms with E-state index in [1.165, 1.54) is 13.4 Å². The van der Waals surface area contributed by atoms with Crippen molar-refractivity contribution in [2.75, 3.05) is 19.0 Å². The van der Waals surface area contributed by atoms with Crippen molar-refractivity contribution in [3.63, 3.8) is 0 Å². The molecule has 1 unspecified atom stereocenters. The van der Waals surface area contributed by atoms with Gasteiger partial charge in [0.25, 0.3) is 5.91 Å². The van der Waals surface area contributed by atoms with Crippen molar-refractivity contribution in [2.45, 2.75) is 24.9 Å². The number of methoxy groups -OCH3 is 1. The maximum atomic E-state index is 13.3. The van der Waals surface area contributed by atoms with E-state index in [4.69, 9.17) is 4.74 Å². The van der Waals surface area contributed by atoms with Crippen LogP contribution in [0.15, 0.2) is 42.9 Å². The molecule has 0 aliphatic carbocycles. The highest BCUT2D eigenvalue weighted by molar-refractivity contribution is 5.89. The van der Waals surface area contributed by atoms with Gasteiger partial charge in [0.15, 0.2) is 5.82 Å². The number of ether oxygens (including phenoxy) is 1. The predicted molar refractivity (Wildman–Crippen MR) is 93.2 cm³/mol. The first-order valence-corrected chi connectivity index (χ1v) is 8.32. The topological polar surface area (TPSA) is 93.5 Å². The molecular formula is C18H20N4O4. The maximum absolute atomic E-state index is 13.3. The first-order valence-electron chi connectivity index (χ1n) is 8.32. The number of carbonyl (C=O) groups excluding carboxylic acids is 3. The summed E-state index contributed by atoms with van der Waals surface area (Å²) in [5.41, 5.74) is 0.767. The van der Waals surface area contributed by atoms with Gasteiger partial charge < -0.3 is 19.5 Å². The van der Waals surface area contributed by atoms with Crippen LogP contribution in [0.1, 0.15) is 24.4 Å². The molecule has 1 fully saturated rings. The third kappa shape index (κ3) is 3.44. The number of likely N-dealkylation sites (tertiary alicyclic amines) is 1. The number of hydrogen-bond donors (Lipinski definition) is 1. The largest absolute Gasteiger partial charge is 0.467 e. The third-order valence-electron chi connectivity index (χ3n) is 4.46. The van der Waals surface area contributed by atoms with Gasteiger partial charge in [0.2, 0.25) is 6.41 Å². The molecule has 8 nitrogen and oxygen atoms in total. The summed E-state index contributed by atoms with van der Waals surface area (Å²) in [5, 5.41) is 2.47. The quantitative estimate of drug-likeness (QED) is 0.620. The number of carbonyl (C=O) groups is 3. The number of nitrogens with one attached hydrogen (secondary N) is 1. The van der Waals surface area contributed by atoms with Crippen molar-refractivity contribution >= 4 is 24.1 Å². The Morgan fingerprint density at radius 2 is 2.12 bits per heavy atom. The molecule has 2 amide bonds. The average molecular weight is 356 g/mol. The van der Waals surface area contributed by atoms with E-state index in [9.17, 15) is 14.4 Å². The summed E-state index contributed by atoms with van der Waals surface area (Å²) in [4.78, 5) is 41.6. The van der Waals surface area contributed by atoms with E-state index in [0.717, 1.165) is 12.0 Å². The lowest BCUT2D eigenvalue weighted by Crippen LogP contribution is -2.44. The first kappa shape index (κ1) is 17.7. The number of nitrogens with zero attached hydrogens (tertiary/aromatic N) is 3. The summed E-state index contributed by atoms with van der Waals surface area (Å²) in [6, 6.07) is 7.99. The normalized spacial score (nSPS) is 17.6. The number of esters is 1. The first-order chi connectivity index (χ1) is 12.7. The molecule has 26 heavy (non-hydrogen) atoms. The molecule has 0 spiro atoms. The summed E-state index contributed by atoms with van der Waals surface area (Å²) >= 11 is 0. The molecule has 0 saturated carbocycles. The minimum absolute atomic E-state index is 0.209. The lowest BCUT2D eigenvalue weighted by Gasteiger charge is -2.28. The van der Waals surface area contributed by atoms with Gasteiger partial charge in [-0.05, 0) is 18.4 Å². The molecule has 0 bridgehead atoms. The number of rotatable bonds is 6. The number of benzene rings is 1. The molecule has 2 aromatic rings. The monoisotopic (exact) mass is 356 g/mol. The summed E-state index contributed by atoms with van der Waals surface area (Å²) in [7, 11) is 1.32. The molecule has 1 aromatic carbocycles. The van der Waals surface area contributed by atoms with Crippen LogP contribution in [-0.2, 0) is 19.1 Å². The summed E-state index contributed by atoms with van der Waals surface area (Å²) < 4.78 is 6.48. The molecule has 1 saturated heterocycles. The van der Waals surface area contributed by atoms with Crippen LogP contribution in [0.25, 0.3) is 0 Å². The average Bonchev–Trinajstić information content (AvgIpc) is 3.32. The second-order valence-corrected chi connectivity index (χ2v) is 5.99. The Hall–Kier alpha value is -3.16. The van der Waals surface area contributed by atoms with E-state index in [-0.39, 0.29) is 5.91 Å². The van der Waals surface area contributed by atoms with Crippen molar-refractivity contribution < 1.29 is 19.1 Å². The fraction of sp³-hybridized carbons (Fsp3) is 0.333. The molecule has 1 aliphatic heterocycles. The molecule has 3 rings (SSSR count). The van der Waals surface area contributed by atoms with Crippen molar-refractivity contribution in [3.8, 4) is 0 Å².